The first kappa shape index (κ1) is 15.5. The molecule has 1 aliphatic heterocycles. The summed E-state index contributed by atoms with van der Waals surface area (Å²) < 4.78 is 2.04. The van der Waals surface area contributed by atoms with Crippen LogP contribution in [0.5, 0.6) is 0 Å². The number of nitrogens with zero attached hydrogens (tertiary/aromatic N) is 3. The van der Waals surface area contributed by atoms with Crippen LogP contribution in [-0.2, 0) is 6.54 Å². The maximum Gasteiger partial charge on any atom is 0.0536 e. The van der Waals surface area contributed by atoms with Gasteiger partial charge in [0.05, 0.1) is 6.54 Å². The molecule has 20 heavy (non-hydrogen) atoms. The number of hydrogen-bond acceptors (Lipinski definition) is 3. The van der Waals surface area contributed by atoms with Crippen LogP contribution in [0.2, 0.25) is 0 Å². The van der Waals surface area contributed by atoms with Crippen molar-refractivity contribution in [2.24, 2.45) is 5.92 Å². The van der Waals surface area contributed by atoms with Crippen molar-refractivity contribution in [2.45, 2.75) is 58.7 Å². The van der Waals surface area contributed by atoms with E-state index in [0.29, 0.717) is 6.04 Å². The zero-order chi connectivity index (χ0) is 14.6. The van der Waals surface area contributed by atoms with Crippen LogP contribution in [0.1, 0.15) is 40.5 Å². The predicted molar refractivity (Wildman–Crippen MR) is 83.7 cm³/mol. The highest BCUT2D eigenvalue weighted by Gasteiger charge is 2.37. The molecule has 3 unspecified atom stereocenters. The van der Waals surface area contributed by atoms with E-state index < -0.39 is 0 Å². The molecule has 4 nitrogen and oxygen atoms in total. The van der Waals surface area contributed by atoms with Crippen molar-refractivity contribution in [3.05, 3.63) is 18.5 Å². The van der Waals surface area contributed by atoms with Crippen LogP contribution in [0, 0.1) is 5.92 Å². The third-order valence-corrected chi connectivity index (χ3v) is 5.18. The van der Waals surface area contributed by atoms with Crippen LogP contribution < -0.4 is 5.32 Å². The molecule has 0 amide bonds. The number of hydrogen-bond donors (Lipinski definition) is 1. The molecule has 0 spiro atoms. The van der Waals surface area contributed by atoms with Crippen LogP contribution in [0.4, 0.5) is 0 Å². The number of rotatable bonds is 6. The Hall–Kier alpha value is -0.870. The van der Waals surface area contributed by atoms with Gasteiger partial charge in [0.25, 0.3) is 0 Å². The van der Waals surface area contributed by atoms with Gasteiger partial charge in [-0.25, -0.2) is 0 Å². The molecule has 3 atom stereocenters. The molecular weight excluding hydrogens is 248 g/mol. The highest BCUT2D eigenvalue weighted by molar-refractivity contribution is 4.96. The van der Waals surface area contributed by atoms with E-state index in [4.69, 9.17) is 0 Å². The maximum atomic E-state index is 4.32. The first-order valence-corrected chi connectivity index (χ1v) is 8.05. The summed E-state index contributed by atoms with van der Waals surface area (Å²) in [5.74, 6) is 0.739. The van der Waals surface area contributed by atoms with E-state index in [1.165, 1.54) is 12.8 Å². The highest BCUT2D eigenvalue weighted by atomic mass is 15.3. The lowest BCUT2D eigenvalue weighted by Crippen LogP contribution is -2.64. The van der Waals surface area contributed by atoms with Gasteiger partial charge in [0.2, 0.25) is 0 Å². The van der Waals surface area contributed by atoms with Crippen LogP contribution in [0.3, 0.4) is 0 Å². The number of aromatic nitrogens is 2. The number of nitrogens with one attached hydrogen (secondary N) is 1. The largest absolute Gasteiger partial charge is 0.311 e. The molecule has 0 aliphatic carbocycles. The summed E-state index contributed by atoms with van der Waals surface area (Å²) in [5, 5.41) is 8.09. The van der Waals surface area contributed by atoms with Gasteiger partial charge in [-0.2, -0.15) is 5.10 Å². The van der Waals surface area contributed by atoms with Gasteiger partial charge in [-0.3, -0.25) is 9.58 Å². The minimum atomic E-state index is 0.275. The van der Waals surface area contributed by atoms with E-state index in [1.807, 2.05) is 16.9 Å². The second-order valence-electron chi connectivity index (χ2n) is 6.44. The van der Waals surface area contributed by atoms with Crippen molar-refractivity contribution >= 4 is 0 Å². The van der Waals surface area contributed by atoms with Gasteiger partial charge >= 0.3 is 0 Å². The van der Waals surface area contributed by atoms with Gasteiger partial charge in [0.15, 0.2) is 0 Å². The lowest BCUT2D eigenvalue weighted by molar-refractivity contribution is 0.0328. The average Bonchev–Trinajstić information content (AvgIpc) is 2.99. The van der Waals surface area contributed by atoms with Crippen LogP contribution >= 0.6 is 0 Å². The second-order valence-corrected chi connectivity index (χ2v) is 6.44. The first-order valence-electron chi connectivity index (χ1n) is 8.05. The van der Waals surface area contributed by atoms with Crippen molar-refractivity contribution in [3.8, 4) is 0 Å². The van der Waals surface area contributed by atoms with Crippen molar-refractivity contribution < 1.29 is 0 Å². The SMILES string of the molecule is CCC(C)C1CN(CCn2cccn2)C(C)(CC)CN1. The van der Waals surface area contributed by atoms with E-state index in [1.54, 1.807) is 0 Å². The topological polar surface area (TPSA) is 33.1 Å². The van der Waals surface area contributed by atoms with Gasteiger partial charge in [-0.1, -0.05) is 27.2 Å². The summed E-state index contributed by atoms with van der Waals surface area (Å²) in [5.41, 5.74) is 0.275. The Kier molecular flexibility index (Phi) is 5.22. The van der Waals surface area contributed by atoms with Gasteiger partial charge in [-0.05, 0) is 25.3 Å². The van der Waals surface area contributed by atoms with E-state index in [0.717, 1.165) is 32.1 Å². The predicted octanol–water partition coefficient (Wildman–Crippen LogP) is 2.37. The van der Waals surface area contributed by atoms with Crippen molar-refractivity contribution in [2.75, 3.05) is 19.6 Å². The second kappa shape index (κ2) is 6.72. The summed E-state index contributed by atoms with van der Waals surface area (Å²) in [6.07, 6.45) is 6.34. The Bertz CT molecular complexity index is 389. The standard InChI is InChI=1S/C16H30N4/c1-5-14(3)15-12-19(16(4,6-2)13-17-15)10-11-20-9-7-8-18-20/h7-9,14-15,17H,5-6,10-13H2,1-4H3. The molecule has 0 saturated carbocycles. The summed E-state index contributed by atoms with van der Waals surface area (Å²) in [6.45, 7) is 13.6. The molecule has 1 aliphatic rings. The Labute approximate surface area is 123 Å². The van der Waals surface area contributed by atoms with E-state index >= 15 is 0 Å². The molecule has 1 saturated heterocycles. The summed E-state index contributed by atoms with van der Waals surface area (Å²) >= 11 is 0. The van der Waals surface area contributed by atoms with Crippen molar-refractivity contribution in [3.63, 3.8) is 0 Å². The highest BCUT2D eigenvalue weighted by Crippen LogP contribution is 2.25. The molecule has 114 valence electrons. The van der Waals surface area contributed by atoms with E-state index in [9.17, 15) is 0 Å². The third kappa shape index (κ3) is 3.41. The van der Waals surface area contributed by atoms with Gasteiger partial charge < -0.3 is 5.32 Å². The monoisotopic (exact) mass is 278 g/mol. The maximum absolute atomic E-state index is 4.32. The fourth-order valence-electron chi connectivity index (χ4n) is 3.02. The third-order valence-electron chi connectivity index (χ3n) is 5.18. The smallest absolute Gasteiger partial charge is 0.0536 e. The Morgan fingerprint density at radius 1 is 1.40 bits per heavy atom. The fourth-order valence-corrected chi connectivity index (χ4v) is 3.02. The lowest BCUT2D eigenvalue weighted by Gasteiger charge is -2.49. The van der Waals surface area contributed by atoms with Gasteiger partial charge in [0, 0.05) is 43.6 Å². The molecule has 1 aromatic rings. The van der Waals surface area contributed by atoms with Crippen molar-refractivity contribution in [1.29, 1.82) is 0 Å². The molecule has 2 heterocycles. The van der Waals surface area contributed by atoms with Gasteiger partial charge in [-0.15, -0.1) is 0 Å². The average molecular weight is 278 g/mol. The molecule has 0 aromatic carbocycles. The van der Waals surface area contributed by atoms with Gasteiger partial charge in [0.1, 0.15) is 0 Å². The molecular formula is C16H30N4. The molecule has 4 heteroatoms. The molecule has 1 N–H and O–H groups in total. The molecule has 0 bridgehead atoms. The lowest BCUT2D eigenvalue weighted by atomic mass is 9.88. The minimum Gasteiger partial charge on any atom is -0.311 e. The minimum absolute atomic E-state index is 0.275. The molecule has 1 aromatic heterocycles. The summed E-state index contributed by atoms with van der Waals surface area (Å²) in [7, 11) is 0. The molecule has 0 radical (unpaired) electrons. The van der Waals surface area contributed by atoms with Crippen LogP contribution in [0.15, 0.2) is 18.5 Å². The Morgan fingerprint density at radius 3 is 2.80 bits per heavy atom. The molecule has 1 fully saturated rings. The Morgan fingerprint density at radius 2 is 2.20 bits per heavy atom. The van der Waals surface area contributed by atoms with E-state index in [-0.39, 0.29) is 5.54 Å². The fraction of sp³-hybridized carbons (Fsp3) is 0.812. The summed E-state index contributed by atoms with van der Waals surface area (Å²) in [4.78, 5) is 2.67. The Balaban J connectivity index is 1.99. The zero-order valence-electron chi connectivity index (χ0n) is 13.5. The normalized spacial score (nSPS) is 29.5. The summed E-state index contributed by atoms with van der Waals surface area (Å²) in [6, 6.07) is 2.62. The number of piperazine rings is 1. The van der Waals surface area contributed by atoms with Crippen molar-refractivity contribution in [1.82, 2.24) is 20.0 Å². The quantitative estimate of drug-likeness (QED) is 0.867. The molecule has 2 rings (SSSR count). The van der Waals surface area contributed by atoms with E-state index in [2.05, 4.69) is 49.2 Å². The zero-order valence-corrected chi connectivity index (χ0v) is 13.5. The first-order chi connectivity index (χ1) is 9.59. The van der Waals surface area contributed by atoms with Crippen LogP contribution in [0.25, 0.3) is 0 Å². The van der Waals surface area contributed by atoms with Crippen LogP contribution in [-0.4, -0.2) is 45.9 Å².